The number of benzene rings is 1. The smallest absolute Gasteiger partial charge is 0.330 e. The first kappa shape index (κ1) is 13.1. The molecule has 0 atom stereocenters. The molecule has 0 saturated heterocycles. The van der Waals surface area contributed by atoms with E-state index in [2.05, 4.69) is 15.9 Å². The first-order chi connectivity index (χ1) is 8.74. The maximum absolute atomic E-state index is 11.3. The molecule has 0 aromatic heterocycles. The van der Waals surface area contributed by atoms with Crippen LogP contribution < -0.4 is 0 Å². The fourth-order valence-electron chi connectivity index (χ4n) is 1.41. The first-order valence-electron chi connectivity index (χ1n) is 6.01. The van der Waals surface area contributed by atoms with Gasteiger partial charge in [-0.3, -0.25) is 0 Å². The number of rotatable bonds is 5. The second-order valence-corrected chi connectivity index (χ2v) is 5.26. The minimum Gasteiger partial charge on any atom is -0.462 e. The van der Waals surface area contributed by atoms with Gasteiger partial charge in [0.05, 0.1) is 6.61 Å². The zero-order valence-corrected chi connectivity index (χ0v) is 11.6. The van der Waals surface area contributed by atoms with E-state index in [1.165, 1.54) is 18.9 Å². The van der Waals surface area contributed by atoms with E-state index < -0.39 is 0 Å². The number of halogens is 1. The number of carbonyl (C=O) groups excluding carboxylic acids is 1. The number of ether oxygens (including phenoxy) is 1. The van der Waals surface area contributed by atoms with Crippen molar-refractivity contribution in [2.75, 3.05) is 6.61 Å². The van der Waals surface area contributed by atoms with Gasteiger partial charge in [0.15, 0.2) is 0 Å². The van der Waals surface area contributed by atoms with Gasteiger partial charge in [-0.25, -0.2) is 4.79 Å². The third kappa shape index (κ3) is 4.88. The van der Waals surface area contributed by atoms with E-state index in [1.54, 1.807) is 6.08 Å². The Morgan fingerprint density at radius 3 is 2.67 bits per heavy atom. The molecule has 18 heavy (non-hydrogen) atoms. The average molecular weight is 307 g/mol. The summed E-state index contributed by atoms with van der Waals surface area (Å²) < 4.78 is 6.12. The number of hydrogen-bond donors (Lipinski definition) is 0. The van der Waals surface area contributed by atoms with E-state index in [9.17, 15) is 4.79 Å². The van der Waals surface area contributed by atoms with Gasteiger partial charge in [-0.15, -0.1) is 0 Å². The Labute approximate surface area is 115 Å². The van der Waals surface area contributed by atoms with Gasteiger partial charge in [-0.1, -0.05) is 46.3 Å². The molecule has 3 heteroatoms. The molecular weight excluding hydrogens is 292 g/mol. The molecule has 94 valence electrons. The van der Waals surface area contributed by atoms with Crippen LogP contribution in [-0.4, -0.2) is 12.6 Å². The summed E-state index contributed by atoms with van der Waals surface area (Å²) in [6.07, 6.45) is 9.33. The van der Waals surface area contributed by atoms with Crippen molar-refractivity contribution in [3.63, 3.8) is 0 Å². The Balaban J connectivity index is 1.75. The van der Waals surface area contributed by atoms with E-state index in [1.807, 2.05) is 36.4 Å². The lowest BCUT2D eigenvalue weighted by molar-refractivity contribution is -0.138. The van der Waals surface area contributed by atoms with Crippen molar-refractivity contribution in [2.45, 2.75) is 12.8 Å². The Hall–Kier alpha value is -1.35. The molecule has 0 N–H and O–H groups in total. The SMILES string of the molecule is O=C(C=CC=Cc1ccc(Br)cc1)OCC1CC1. The van der Waals surface area contributed by atoms with Crippen LogP contribution in [0.25, 0.3) is 6.08 Å². The summed E-state index contributed by atoms with van der Waals surface area (Å²) in [4.78, 5) is 11.3. The zero-order chi connectivity index (χ0) is 12.8. The summed E-state index contributed by atoms with van der Waals surface area (Å²) in [5, 5.41) is 0. The molecule has 1 aromatic rings. The molecule has 0 spiro atoms. The van der Waals surface area contributed by atoms with E-state index >= 15 is 0 Å². The standard InChI is InChI=1S/C15H15BrO2/c16-14-9-7-12(8-10-14)3-1-2-4-15(17)18-11-13-5-6-13/h1-4,7-10,13H,5-6,11H2. The summed E-state index contributed by atoms with van der Waals surface area (Å²) >= 11 is 3.38. The van der Waals surface area contributed by atoms with Gasteiger partial charge in [0.1, 0.15) is 0 Å². The minimum atomic E-state index is -0.262. The monoisotopic (exact) mass is 306 g/mol. The molecule has 1 fully saturated rings. The van der Waals surface area contributed by atoms with Gasteiger partial charge in [0.2, 0.25) is 0 Å². The molecule has 0 bridgehead atoms. The van der Waals surface area contributed by atoms with Gasteiger partial charge in [0.25, 0.3) is 0 Å². The summed E-state index contributed by atoms with van der Waals surface area (Å²) in [7, 11) is 0. The number of allylic oxidation sites excluding steroid dienone is 2. The lowest BCUT2D eigenvalue weighted by atomic mass is 10.2. The lowest BCUT2D eigenvalue weighted by Crippen LogP contribution is -2.03. The lowest BCUT2D eigenvalue weighted by Gasteiger charge is -1.97. The normalized spacial score (nSPS) is 15.4. The minimum absolute atomic E-state index is 0.262. The molecular formula is C15H15BrO2. The van der Waals surface area contributed by atoms with Crippen molar-refractivity contribution in [2.24, 2.45) is 5.92 Å². The maximum atomic E-state index is 11.3. The Morgan fingerprint density at radius 2 is 2.00 bits per heavy atom. The zero-order valence-electron chi connectivity index (χ0n) is 10.0. The fourth-order valence-corrected chi connectivity index (χ4v) is 1.67. The second-order valence-electron chi connectivity index (χ2n) is 4.34. The van der Waals surface area contributed by atoms with Crippen LogP contribution in [0.2, 0.25) is 0 Å². The highest BCUT2D eigenvalue weighted by molar-refractivity contribution is 9.10. The predicted molar refractivity (Wildman–Crippen MR) is 76.0 cm³/mol. The van der Waals surface area contributed by atoms with Crippen LogP contribution in [-0.2, 0) is 9.53 Å². The topological polar surface area (TPSA) is 26.3 Å². The fraction of sp³-hybridized carbons (Fsp3) is 0.267. The molecule has 2 rings (SSSR count). The molecule has 0 radical (unpaired) electrons. The van der Waals surface area contributed by atoms with Gasteiger partial charge in [0, 0.05) is 10.5 Å². The summed E-state index contributed by atoms with van der Waals surface area (Å²) in [5.41, 5.74) is 1.09. The van der Waals surface area contributed by atoms with Crippen molar-refractivity contribution in [3.05, 3.63) is 52.5 Å². The predicted octanol–water partition coefficient (Wildman–Crippen LogP) is 3.97. The van der Waals surface area contributed by atoms with Crippen LogP contribution in [0.1, 0.15) is 18.4 Å². The Kier molecular flexibility index (Phi) is 4.76. The molecule has 1 saturated carbocycles. The molecule has 1 aromatic carbocycles. The highest BCUT2D eigenvalue weighted by atomic mass is 79.9. The van der Waals surface area contributed by atoms with Crippen molar-refractivity contribution >= 4 is 28.0 Å². The second kappa shape index (κ2) is 6.55. The molecule has 0 aliphatic heterocycles. The van der Waals surface area contributed by atoms with Crippen LogP contribution >= 0.6 is 15.9 Å². The van der Waals surface area contributed by atoms with Crippen LogP contribution in [0, 0.1) is 5.92 Å². The average Bonchev–Trinajstić information content (AvgIpc) is 3.18. The van der Waals surface area contributed by atoms with Crippen molar-refractivity contribution < 1.29 is 9.53 Å². The molecule has 0 unspecified atom stereocenters. The van der Waals surface area contributed by atoms with E-state index in [0.717, 1.165) is 10.0 Å². The molecule has 1 aliphatic carbocycles. The van der Waals surface area contributed by atoms with Crippen molar-refractivity contribution in [3.8, 4) is 0 Å². The van der Waals surface area contributed by atoms with Crippen LogP contribution in [0.5, 0.6) is 0 Å². The highest BCUT2D eigenvalue weighted by Crippen LogP contribution is 2.28. The number of hydrogen-bond acceptors (Lipinski definition) is 2. The van der Waals surface area contributed by atoms with E-state index in [4.69, 9.17) is 4.74 Å². The van der Waals surface area contributed by atoms with Crippen LogP contribution in [0.4, 0.5) is 0 Å². The highest BCUT2D eigenvalue weighted by Gasteiger charge is 2.22. The van der Waals surface area contributed by atoms with Crippen LogP contribution in [0.15, 0.2) is 47.0 Å². The van der Waals surface area contributed by atoms with E-state index in [0.29, 0.717) is 12.5 Å². The maximum Gasteiger partial charge on any atom is 0.330 e. The van der Waals surface area contributed by atoms with Gasteiger partial charge in [-0.2, -0.15) is 0 Å². The number of carbonyl (C=O) groups is 1. The third-order valence-electron chi connectivity index (χ3n) is 2.66. The Bertz CT molecular complexity index is 456. The summed E-state index contributed by atoms with van der Waals surface area (Å²) in [6.45, 7) is 0.569. The molecule has 1 aliphatic rings. The van der Waals surface area contributed by atoms with Crippen molar-refractivity contribution in [1.29, 1.82) is 0 Å². The summed E-state index contributed by atoms with van der Waals surface area (Å²) in [5.74, 6) is 0.350. The van der Waals surface area contributed by atoms with Crippen molar-refractivity contribution in [1.82, 2.24) is 0 Å². The largest absolute Gasteiger partial charge is 0.462 e. The van der Waals surface area contributed by atoms with Crippen LogP contribution in [0.3, 0.4) is 0 Å². The van der Waals surface area contributed by atoms with Gasteiger partial charge < -0.3 is 4.74 Å². The summed E-state index contributed by atoms with van der Waals surface area (Å²) in [6, 6.07) is 7.96. The molecule has 2 nitrogen and oxygen atoms in total. The first-order valence-corrected chi connectivity index (χ1v) is 6.80. The third-order valence-corrected chi connectivity index (χ3v) is 3.19. The molecule has 0 amide bonds. The van der Waals surface area contributed by atoms with E-state index in [-0.39, 0.29) is 5.97 Å². The van der Waals surface area contributed by atoms with Gasteiger partial charge in [-0.05, 0) is 36.5 Å². The number of esters is 1. The molecule has 0 heterocycles. The van der Waals surface area contributed by atoms with Gasteiger partial charge >= 0.3 is 5.97 Å². The quantitative estimate of drug-likeness (QED) is 0.467. The Morgan fingerprint density at radius 1 is 1.28 bits per heavy atom.